The smallest absolute Gasteiger partial charge is 0.249 e. The molecule has 2 fully saturated rings. The van der Waals surface area contributed by atoms with Crippen molar-refractivity contribution in [2.45, 2.75) is 32.2 Å². The molecule has 2 atom stereocenters. The van der Waals surface area contributed by atoms with Crippen LogP contribution >= 0.6 is 0 Å². The van der Waals surface area contributed by atoms with Gasteiger partial charge in [0, 0.05) is 6.54 Å². The minimum Gasteiger partial charge on any atom is -0.321 e. The van der Waals surface area contributed by atoms with Gasteiger partial charge in [0.1, 0.15) is 12.6 Å². The molecular formula is C12H19N3O3. The zero-order valence-corrected chi connectivity index (χ0v) is 10.6. The number of piperidine rings is 1. The summed E-state index contributed by atoms with van der Waals surface area (Å²) in [5, 5.41) is 5.46. The molecule has 0 aliphatic carbocycles. The Kier molecular flexibility index (Phi) is 3.96. The van der Waals surface area contributed by atoms with Crippen LogP contribution < -0.4 is 10.6 Å². The highest BCUT2D eigenvalue weighted by molar-refractivity contribution is 6.04. The predicted molar refractivity (Wildman–Crippen MR) is 64.5 cm³/mol. The van der Waals surface area contributed by atoms with Crippen LogP contribution in [0.15, 0.2) is 0 Å². The number of piperazine rings is 1. The molecule has 2 rings (SSSR count). The van der Waals surface area contributed by atoms with Gasteiger partial charge in [0.15, 0.2) is 0 Å². The monoisotopic (exact) mass is 253 g/mol. The number of hydrogen-bond acceptors (Lipinski definition) is 4. The van der Waals surface area contributed by atoms with E-state index in [0.29, 0.717) is 13.0 Å². The summed E-state index contributed by atoms with van der Waals surface area (Å²) in [5.41, 5.74) is 0. The molecule has 0 aromatic rings. The lowest BCUT2D eigenvalue weighted by molar-refractivity contribution is -0.152. The van der Waals surface area contributed by atoms with E-state index in [9.17, 15) is 14.4 Å². The van der Waals surface area contributed by atoms with Crippen molar-refractivity contribution >= 4 is 17.7 Å². The molecule has 2 aliphatic rings. The third kappa shape index (κ3) is 2.53. The van der Waals surface area contributed by atoms with E-state index in [1.807, 2.05) is 6.92 Å². The average molecular weight is 253 g/mol. The second kappa shape index (κ2) is 5.48. The quantitative estimate of drug-likeness (QED) is 0.635. The van der Waals surface area contributed by atoms with Crippen molar-refractivity contribution in [1.29, 1.82) is 0 Å². The first-order chi connectivity index (χ1) is 8.63. The number of carbonyl (C=O) groups excluding carboxylic acids is 3. The SMILES string of the molecule is CCC1C(=O)NC(=O)CN1C(=O)[C@H]1CCCNC1. The zero-order chi connectivity index (χ0) is 13.1. The van der Waals surface area contributed by atoms with E-state index in [-0.39, 0.29) is 30.2 Å². The van der Waals surface area contributed by atoms with Crippen molar-refractivity contribution in [3.8, 4) is 0 Å². The van der Waals surface area contributed by atoms with E-state index in [1.54, 1.807) is 0 Å². The third-order valence-electron chi connectivity index (χ3n) is 3.57. The first kappa shape index (κ1) is 13.0. The fourth-order valence-corrected chi connectivity index (χ4v) is 2.60. The number of amides is 3. The van der Waals surface area contributed by atoms with Gasteiger partial charge in [-0.3, -0.25) is 19.7 Å². The summed E-state index contributed by atoms with van der Waals surface area (Å²) in [6, 6.07) is -0.503. The number of hydrogen-bond donors (Lipinski definition) is 2. The molecule has 0 saturated carbocycles. The maximum Gasteiger partial charge on any atom is 0.249 e. The summed E-state index contributed by atoms with van der Waals surface area (Å²) in [5.74, 6) is -0.920. The highest BCUT2D eigenvalue weighted by Crippen LogP contribution is 2.18. The minimum atomic E-state index is -0.503. The number of nitrogens with one attached hydrogen (secondary N) is 2. The van der Waals surface area contributed by atoms with E-state index < -0.39 is 6.04 Å². The lowest BCUT2D eigenvalue weighted by Gasteiger charge is -2.36. The minimum absolute atomic E-state index is 0.000417. The van der Waals surface area contributed by atoms with Gasteiger partial charge in [-0.15, -0.1) is 0 Å². The van der Waals surface area contributed by atoms with Crippen molar-refractivity contribution in [1.82, 2.24) is 15.5 Å². The molecule has 6 nitrogen and oxygen atoms in total. The summed E-state index contributed by atoms with van der Waals surface area (Å²) in [6.45, 7) is 3.42. The Labute approximate surface area is 106 Å². The molecule has 0 spiro atoms. The van der Waals surface area contributed by atoms with Crippen molar-refractivity contribution in [2.24, 2.45) is 5.92 Å². The van der Waals surface area contributed by atoms with Crippen molar-refractivity contribution < 1.29 is 14.4 Å². The molecule has 2 saturated heterocycles. The maximum absolute atomic E-state index is 12.4. The molecule has 100 valence electrons. The topological polar surface area (TPSA) is 78.5 Å². The molecule has 0 radical (unpaired) electrons. The maximum atomic E-state index is 12.4. The summed E-state index contributed by atoms with van der Waals surface area (Å²) >= 11 is 0. The standard InChI is InChI=1S/C12H19N3O3/c1-2-9-11(17)14-10(16)7-15(9)12(18)8-4-3-5-13-6-8/h8-9,13H,2-7H2,1H3,(H,14,16,17)/t8-,9?/m0/s1. The number of nitrogens with zero attached hydrogens (tertiary/aromatic N) is 1. The average Bonchev–Trinajstić information content (AvgIpc) is 2.38. The number of imide groups is 1. The highest BCUT2D eigenvalue weighted by Gasteiger charge is 2.38. The zero-order valence-electron chi connectivity index (χ0n) is 10.6. The normalized spacial score (nSPS) is 29.1. The molecule has 0 aromatic carbocycles. The summed E-state index contributed by atoms with van der Waals surface area (Å²) in [6.07, 6.45) is 2.32. The lowest BCUT2D eigenvalue weighted by atomic mass is 9.96. The Hall–Kier alpha value is -1.43. The van der Waals surface area contributed by atoms with Gasteiger partial charge in [0.05, 0.1) is 5.92 Å². The Bertz CT molecular complexity index is 364. The van der Waals surface area contributed by atoms with Crippen LogP contribution in [0.1, 0.15) is 26.2 Å². The highest BCUT2D eigenvalue weighted by atomic mass is 16.2. The second-order valence-electron chi connectivity index (χ2n) is 4.85. The molecule has 2 N–H and O–H groups in total. The molecule has 18 heavy (non-hydrogen) atoms. The van der Waals surface area contributed by atoms with E-state index in [2.05, 4.69) is 10.6 Å². The molecule has 0 bridgehead atoms. The van der Waals surface area contributed by atoms with Gasteiger partial charge in [0.25, 0.3) is 0 Å². The molecular weight excluding hydrogens is 234 g/mol. The van der Waals surface area contributed by atoms with Crippen molar-refractivity contribution in [3.05, 3.63) is 0 Å². The molecule has 2 aliphatic heterocycles. The lowest BCUT2D eigenvalue weighted by Crippen LogP contribution is -2.61. The van der Waals surface area contributed by atoms with Crippen LogP contribution in [0.3, 0.4) is 0 Å². The number of carbonyl (C=O) groups is 3. The third-order valence-corrected chi connectivity index (χ3v) is 3.57. The van der Waals surface area contributed by atoms with Crippen molar-refractivity contribution in [2.75, 3.05) is 19.6 Å². The summed E-state index contributed by atoms with van der Waals surface area (Å²) in [7, 11) is 0. The van der Waals surface area contributed by atoms with Crippen LogP contribution in [0.25, 0.3) is 0 Å². The largest absolute Gasteiger partial charge is 0.321 e. The van der Waals surface area contributed by atoms with Crippen LogP contribution in [0, 0.1) is 5.92 Å². The van der Waals surface area contributed by atoms with E-state index in [1.165, 1.54) is 4.90 Å². The van der Waals surface area contributed by atoms with E-state index >= 15 is 0 Å². The Balaban J connectivity index is 2.10. The van der Waals surface area contributed by atoms with Gasteiger partial charge in [0.2, 0.25) is 17.7 Å². The van der Waals surface area contributed by atoms with Crippen LogP contribution in [-0.4, -0.2) is 48.3 Å². The van der Waals surface area contributed by atoms with Crippen LogP contribution in [0.2, 0.25) is 0 Å². The molecule has 1 unspecified atom stereocenters. The molecule has 6 heteroatoms. The van der Waals surface area contributed by atoms with Crippen LogP contribution in [0.4, 0.5) is 0 Å². The number of rotatable bonds is 2. The van der Waals surface area contributed by atoms with Gasteiger partial charge in [-0.2, -0.15) is 0 Å². The Morgan fingerprint density at radius 2 is 2.22 bits per heavy atom. The summed E-state index contributed by atoms with van der Waals surface area (Å²) < 4.78 is 0. The Morgan fingerprint density at radius 3 is 2.83 bits per heavy atom. The second-order valence-corrected chi connectivity index (χ2v) is 4.85. The van der Waals surface area contributed by atoms with Gasteiger partial charge in [-0.1, -0.05) is 6.92 Å². The Morgan fingerprint density at radius 1 is 1.44 bits per heavy atom. The first-order valence-electron chi connectivity index (χ1n) is 6.48. The van der Waals surface area contributed by atoms with Gasteiger partial charge < -0.3 is 10.2 Å². The molecule has 3 amide bonds. The van der Waals surface area contributed by atoms with Crippen LogP contribution in [-0.2, 0) is 14.4 Å². The van der Waals surface area contributed by atoms with Crippen LogP contribution in [0.5, 0.6) is 0 Å². The summed E-state index contributed by atoms with van der Waals surface area (Å²) in [4.78, 5) is 36.9. The van der Waals surface area contributed by atoms with E-state index in [0.717, 1.165) is 19.4 Å². The molecule has 2 heterocycles. The van der Waals surface area contributed by atoms with Gasteiger partial charge >= 0.3 is 0 Å². The fourth-order valence-electron chi connectivity index (χ4n) is 2.60. The van der Waals surface area contributed by atoms with Gasteiger partial charge in [-0.25, -0.2) is 0 Å². The predicted octanol–water partition coefficient (Wildman–Crippen LogP) is -0.750. The van der Waals surface area contributed by atoms with Crippen molar-refractivity contribution in [3.63, 3.8) is 0 Å². The first-order valence-corrected chi connectivity index (χ1v) is 6.48. The van der Waals surface area contributed by atoms with E-state index in [4.69, 9.17) is 0 Å². The fraction of sp³-hybridized carbons (Fsp3) is 0.750. The molecule has 0 aromatic heterocycles. The van der Waals surface area contributed by atoms with Gasteiger partial charge in [-0.05, 0) is 25.8 Å².